The zero-order valence-electron chi connectivity index (χ0n) is 19.2. The Labute approximate surface area is 195 Å². The van der Waals surface area contributed by atoms with Gasteiger partial charge in [-0.1, -0.05) is 41.8 Å². The average Bonchev–Trinajstić information content (AvgIpc) is 3.11. The number of halogens is 1. The molecule has 1 atom stereocenters. The van der Waals surface area contributed by atoms with Crippen LogP contribution in [0.25, 0.3) is 11.1 Å². The standard InChI is InChI=1S/C27H30ClN3O/c1-5-7-19-8-6-9-23(25(19)28)20-11-10-17(2)24(16-20)27(30-18(3)26(29)31-27)21-12-14-22(32-4)15-13-21/h6,8-11,16,21-22H,12-15H2,1-4H3,(H2,29,31). The van der Waals surface area contributed by atoms with Crippen LogP contribution < -0.4 is 5.73 Å². The summed E-state index contributed by atoms with van der Waals surface area (Å²) in [4.78, 5) is 10.1. The molecule has 0 bridgehead atoms. The van der Waals surface area contributed by atoms with Crippen LogP contribution in [0.4, 0.5) is 0 Å². The van der Waals surface area contributed by atoms with Gasteiger partial charge in [0.25, 0.3) is 0 Å². The third kappa shape index (κ3) is 3.96. The third-order valence-corrected chi connectivity index (χ3v) is 7.19. The largest absolute Gasteiger partial charge is 0.382 e. The zero-order chi connectivity index (χ0) is 22.9. The van der Waals surface area contributed by atoms with Crippen LogP contribution in [-0.4, -0.2) is 24.8 Å². The van der Waals surface area contributed by atoms with E-state index in [1.807, 2.05) is 32.0 Å². The van der Waals surface area contributed by atoms with Crippen LogP contribution in [0.5, 0.6) is 0 Å². The minimum atomic E-state index is -0.694. The number of aliphatic imine (C=N–C) groups is 2. The van der Waals surface area contributed by atoms with Crippen molar-refractivity contribution in [1.29, 1.82) is 0 Å². The highest BCUT2D eigenvalue weighted by molar-refractivity contribution is 6.41. The molecule has 1 aliphatic carbocycles. The Morgan fingerprint density at radius 2 is 1.84 bits per heavy atom. The number of methoxy groups -OCH3 is 1. The summed E-state index contributed by atoms with van der Waals surface area (Å²) in [5.74, 6) is 6.83. The SMILES string of the molecule is CC#Cc1cccc(-c2ccc(C)c(C3(C4CCC(OC)CC4)N=C(C)C(N)=N3)c2)c1Cl. The number of hydrogen-bond donors (Lipinski definition) is 1. The Morgan fingerprint density at radius 3 is 2.47 bits per heavy atom. The topological polar surface area (TPSA) is 60.0 Å². The van der Waals surface area contributed by atoms with Gasteiger partial charge in [0.2, 0.25) is 0 Å². The van der Waals surface area contributed by atoms with Gasteiger partial charge in [-0.3, -0.25) is 4.99 Å². The lowest BCUT2D eigenvalue weighted by Gasteiger charge is -2.38. The van der Waals surface area contributed by atoms with E-state index >= 15 is 0 Å². The lowest BCUT2D eigenvalue weighted by Crippen LogP contribution is -2.36. The van der Waals surface area contributed by atoms with Crippen LogP contribution in [0, 0.1) is 24.7 Å². The minimum Gasteiger partial charge on any atom is -0.382 e. The number of nitrogens with zero attached hydrogens (tertiary/aromatic N) is 2. The summed E-state index contributed by atoms with van der Waals surface area (Å²) in [7, 11) is 1.79. The Kier molecular flexibility index (Phi) is 6.42. The molecule has 2 aliphatic rings. The average molecular weight is 448 g/mol. The molecule has 4 nitrogen and oxygen atoms in total. The highest BCUT2D eigenvalue weighted by Gasteiger charge is 2.46. The van der Waals surface area contributed by atoms with Crippen LogP contribution in [0.3, 0.4) is 0 Å². The van der Waals surface area contributed by atoms with Gasteiger partial charge in [0.1, 0.15) is 5.84 Å². The Balaban J connectivity index is 1.84. The maximum atomic E-state index is 6.74. The predicted octanol–water partition coefficient (Wildman–Crippen LogP) is 5.88. The van der Waals surface area contributed by atoms with E-state index in [1.54, 1.807) is 7.11 Å². The van der Waals surface area contributed by atoms with Crippen molar-refractivity contribution in [2.75, 3.05) is 7.11 Å². The second kappa shape index (κ2) is 9.10. The fourth-order valence-corrected chi connectivity index (χ4v) is 5.28. The van der Waals surface area contributed by atoms with E-state index in [9.17, 15) is 0 Å². The molecule has 1 unspecified atom stereocenters. The summed E-state index contributed by atoms with van der Waals surface area (Å²) in [6.45, 7) is 5.89. The predicted molar refractivity (Wildman–Crippen MR) is 133 cm³/mol. The number of benzene rings is 2. The number of aryl methyl sites for hydroxylation is 1. The molecule has 5 heteroatoms. The Hall–Kier alpha value is -2.61. The smallest absolute Gasteiger partial charge is 0.181 e. The molecule has 0 amide bonds. The quantitative estimate of drug-likeness (QED) is 0.595. The Morgan fingerprint density at radius 1 is 1.09 bits per heavy atom. The molecule has 0 radical (unpaired) electrons. The van der Waals surface area contributed by atoms with Gasteiger partial charge in [0, 0.05) is 29.7 Å². The summed E-state index contributed by atoms with van der Waals surface area (Å²) >= 11 is 6.74. The van der Waals surface area contributed by atoms with Crippen molar-refractivity contribution in [2.24, 2.45) is 21.6 Å². The molecule has 2 aromatic carbocycles. The maximum Gasteiger partial charge on any atom is 0.181 e. The van der Waals surface area contributed by atoms with E-state index in [-0.39, 0.29) is 5.92 Å². The van der Waals surface area contributed by atoms with Gasteiger partial charge < -0.3 is 10.5 Å². The van der Waals surface area contributed by atoms with E-state index in [4.69, 9.17) is 32.1 Å². The minimum absolute atomic E-state index is 0.270. The molecule has 0 aromatic heterocycles. The van der Waals surface area contributed by atoms with E-state index in [1.165, 1.54) is 0 Å². The third-order valence-electron chi connectivity index (χ3n) is 6.78. The summed E-state index contributed by atoms with van der Waals surface area (Å²) in [6.07, 6.45) is 4.32. The number of amidine groups is 1. The molecular weight excluding hydrogens is 418 g/mol. The summed E-state index contributed by atoms with van der Waals surface area (Å²) in [5, 5.41) is 0.667. The molecule has 1 fully saturated rings. The first-order valence-electron chi connectivity index (χ1n) is 11.2. The second-order valence-corrected chi connectivity index (χ2v) is 9.08. The van der Waals surface area contributed by atoms with Crippen LogP contribution in [0.1, 0.15) is 56.2 Å². The van der Waals surface area contributed by atoms with E-state index in [2.05, 4.69) is 37.0 Å². The number of rotatable bonds is 4. The fraction of sp³-hybridized carbons (Fsp3) is 0.407. The molecule has 32 heavy (non-hydrogen) atoms. The molecule has 4 rings (SSSR count). The van der Waals surface area contributed by atoms with E-state index in [0.717, 1.165) is 59.2 Å². The van der Waals surface area contributed by atoms with E-state index in [0.29, 0.717) is 17.0 Å². The molecule has 0 spiro atoms. The summed E-state index contributed by atoms with van der Waals surface area (Å²) < 4.78 is 5.61. The number of nitrogens with two attached hydrogens (primary N) is 1. The number of ether oxygens (including phenoxy) is 1. The molecular formula is C27H30ClN3O. The van der Waals surface area contributed by atoms with Crippen molar-refractivity contribution >= 4 is 23.1 Å². The molecule has 166 valence electrons. The zero-order valence-corrected chi connectivity index (χ0v) is 20.0. The van der Waals surface area contributed by atoms with Gasteiger partial charge in [0.05, 0.1) is 16.8 Å². The van der Waals surface area contributed by atoms with Crippen LogP contribution in [0.15, 0.2) is 46.4 Å². The van der Waals surface area contributed by atoms with Crippen molar-refractivity contribution in [3.8, 4) is 23.0 Å². The van der Waals surface area contributed by atoms with E-state index < -0.39 is 5.66 Å². The highest BCUT2D eigenvalue weighted by atomic mass is 35.5. The normalized spacial score (nSPS) is 25.0. The van der Waals surface area contributed by atoms with Crippen molar-refractivity contribution < 1.29 is 4.74 Å². The van der Waals surface area contributed by atoms with Gasteiger partial charge >= 0.3 is 0 Å². The van der Waals surface area contributed by atoms with Crippen molar-refractivity contribution in [3.63, 3.8) is 0 Å². The Bertz CT molecular complexity index is 1130. The molecule has 2 aromatic rings. The first kappa shape index (κ1) is 22.6. The first-order chi connectivity index (χ1) is 15.4. The highest BCUT2D eigenvalue weighted by Crippen LogP contribution is 2.48. The van der Waals surface area contributed by atoms with Gasteiger partial charge in [-0.05, 0) is 69.7 Å². The van der Waals surface area contributed by atoms with Gasteiger partial charge in [0.15, 0.2) is 5.66 Å². The molecule has 1 heterocycles. The first-order valence-corrected chi connectivity index (χ1v) is 11.5. The number of hydrogen-bond acceptors (Lipinski definition) is 4. The van der Waals surface area contributed by atoms with Gasteiger partial charge in [-0.2, -0.15) is 0 Å². The molecule has 0 saturated heterocycles. The summed E-state index contributed by atoms with van der Waals surface area (Å²) in [6, 6.07) is 12.4. The van der Waals surface area contributed by atoms with Crippen molar-refractivity contribution in [3.05, 3.63) is 58.1 Å². The second-order valence-electron chi connectivity index (χ2n) is 8.70. The van der Waals surface area contributed by atoms with Gasteiger partial charge in [-0.25, -0.2) is 4.99 Å². The van der Waals surface area contributed by atoms with Crippen molar-refractivity contribution in [2.45, 2.75) is 58.2 Å². The molecule has 1 saturated carbocycles. The molecule has 1 aliphatic heterocycles. The lowest BCUT2D eigenvalue weighted by atomic mass is 9.74. The fourth-order valence-electron chi connectivity index (χ4n) is 5.00. The monoisotopic (exact) mass is 447 g/mol. The van der Waals surface area contributed by atoms with Crippen LogP contribution in [0.2, 0.25) is 5.02 Å². The lowest BCUT2D eigenvalue weighted by molar-refractivity contribution is 0.0426. The summed E-state index contributed by atoms with van der Waals surface area (Å²) in [5.41, 5.74) is 11.5. The van der Waals surface area contributed by atoms with Gasteiger partial charge in [-0.15, -0.1) is 5.92 Å². The molecule has 2 N–H and O–H groups in total. The maximum absolute atomic E-state index is 6.74. The van der Waals surface area contributed by atoms with Crippen LogP contribution in [-0.2, 0) is 10.4 Å². The van der Waals surface area contributed by atoms with Crippen molar-refractivity contribution in [1.82, 2.24) is 0 Å². The van der Waals surface area contributed by atoms with Crippen LogP contribution >= 0.6 is 11.6 Å².